The van der Waals surface area contributed by atoms with Crippen LogP contribution in [0.3, 0.4) is 0 Å². The number of fused-ring (bicyclic) bond motifs is 1. The van der Waals surface area contributed by atoms with Crippen molar-refractivity contribution in [2.75, 3.05) is 6.54 Å². The first-order valence-corrected chi connectivity index (χ1v) is 9.86. The summed E-state index contributed by atoms with van der Waals surface area (Å²) in [5.41, 5.74) is 2.97. The van der Waals surface area contributed by atoms with Crippen molar-refractivity contribution >= 4 is 11.8 Å². The van der Waals surface area contributed by atoms with E-state index in [1.165, 1.54) is 16.9 Å². The minimum atomic E-state index is -0.232. The fourth-order valence-electron chi connectivity index (χ4n) is 3.50. The van der Waals surface area contributed by atoms with Crippen LogP contribution in [0.4, 0.5) is 0 Å². The molecule has 0 N–H and O–H groups in total. The highest BCUT2D eigenvalue weighted by molar-refractivity contribution is 6.21. The van der Waals surface area contributed by atoms with E-state index < -0.39 is 0 Å². The summed E-state index contributed by atoms with van der Waals surface area (Å²) < 4.78 is 0. The number of hydrogen-bond acceptors (Lipinski definition) is 2. The van der Waals surface area contributed by atoms with Crippen molar-refractivity contribution in [3.05, 3.63) is 71.3 Å². The zero-order chi connectivity index (χ0) is 20.0. The summed E-state index contributed by atoms with van der Waals surface area (Å²) in [6.07, 6.45) is 9.59. The van der Waals surface area contributed by atoms with Gasteiger partial charge in [-0.25, -0.2) is 0 Å². The molecule has 1 aromatic carbocycles. The lowest BCUT2D eigenvalue weighted by molar-refractivity contribution is 0.0669. The van der Waals surface area contributed by atoms with Crippen molar-refractivity contribution in [3.8, 4) is 0 Å². The molecule has 0 aliphatic carbocycles. The van der Waals surface area contributed by atoms with Crippen LogP contribution in [0.15, 0.2) is 60.2 Å². The molecule has 0 aromatic heterocycles. The average molecular weight is 366 g/mol. The molecule has 1 aliphatic rings. The average Bonchev–Trinajstić information content (AvgIpc) is 2.87. The molecule has 1 aromatic rings. The lowest BCUT2D eigenvalue weighted by Gasteiger charge is -2.19. The normalized spacial score (nSPS) is 15.7. The molecule has 1 atom stereocenters. The third-order valence-electron chi connectivity index (χ3n) is 5.03. The van der Waals surface area contributed by atoms with E-state index >= 15 is 0 Å². The standard InChI is InChI=1S/C24H31NO2/c1-6-10-20(19(7-2)14-13-17(3)4)15-18(5)16-25-23(26)21-11-8-9-12-22(21)24(25)27/h6,8-12,15,17,19H,5,7,13-14,16H2,1-4H3/b10-6-,20-15+. The highest BCUT2D eigenvalue weighted by Crippen LogP contribution is 2.27. The number of carbonyl (C=O) groups excluding carboxylic acids is 2. The molecular weight excluding hydrogens is 334 g/mol. The molecule has 144 valence electrons. The van der Waals surface area contributed by atoms with E-state index in [2.05, 4.69) is 39.5 Å². The van der Waals surface area contributed by atoms with Gasteiger partial charge in [-0.3, -0.25) is 14.5 Å². The maximum Gasteiger partial charge on any atom is 0.261 e. The van der Waals surface area contributed by atoms with Crippen molar-refractivity contribution in [2.24, 2.45) is 11.8 Å². The molecule has 0 saturated carbocycles. The largest absolute Gasteiger partial charge is 0.270 e. The summed E-state index contributed by atoms with van der Waals surface area (Å²) in [4.78, 5) is 26.4. The van der Waals surface area contributed by atoms with Gasteiger partial charge in [0.2, 0.25) is 0 Å². The van der Waals surface area contributed by atoms with E-state index in [4.69, 9.17) is 0 Å². The lowest BCUT2D eigenvalue weighted by atomic mass is 9.87. The Morgan fingerprint density at radius 3 is 2.19 bits per heavy atom. The molecule has 0 bridgehead atoms. The van der Waals surface area contributed by atoms with Crippen LogP contribution in [0.25, 0.3) is 0 Å². The molecule has 0 radical (unpaired) electrons. The van der Waals surface area contributed by atoms with Gasteiger partial charge in [0, 0.05) is 0 Å². The van der Waals surface area contributed by atoms with Crippen LogP contribution in [-0.2, 0) is 0 Å². The molecule has 0 saturated heterocycles. The Morgan fingerprint density at radius 1 is 1.11 bits per heavy atom. The van der Waals surface area contributed by atoms with Crippen LogP contribution >= 0.6 is 0 Å². The SMILES string of the molecule is C=C(/C=C(\C=C/C)C(CC)CCC(C)C)CN1C(=O)c2ccccc2C1=O. The van der Waals surface area contributed by atoms with Gasteiger partial charge in [-0.05, 0) is 54.9 Å². The van der Waals surface area contributed by atoms with Crippen molar-refractivity contribution < 1.29 is 9.59 Å². The Kier molecular flexibility index (Phi) is 7.35. The number of amides is 2. The van der Waals surface area contributed by atoms with E-state index in [1.807, 2.05) is 13.0 Å². The van der Waals surface area contributed by atoms with Crippen LogP contribution in [-0.4, -0.2) is 23.3 Å². The number of benzene rings is 1. The number of nitrogens with zero attached hydrogens (tertiary/aromatic N) is 1. The second-order valence-electron chi connectivity index (χ2n) is 7.62. The van der Waals surface area contributed by atoms with Gasteiger partial charge < -0.3 is 0 Å². The van der Waals surface area contributed by atoms with Gasteiger partial charge in [0.15, 0.2) is 0 Å². The lowest BCUT2D eigenvalue weighted by Crippen LogP contribution is -2.31. The molecule has 1 heterocycles. The summed E-state index contributed by atoms with van der Waals surface area (Å²) >= 11 is 0. The zero-order valence-electron chi connectivity index (χ0n) is 17.0. The van der Waals surface area contributed by atoms with Crippen molar-refractivity contribution in [1.82, 2.24) is 4.90 Å². The maximum absolute atomic E-state index is 12.6. The van der Waals surface area contributed by atoms with Crippen LogP contribution in [0.2, 0.25) is 0 Å². The van der Waals surface area contributed by atoms with Crippen LogP contribution in [0, 0.1) is 11.8 Å². The smallest absolute Gasteiger partial charge is 0.261 e. The topological polar surface area (TPSA) is 37.4 Å². The van der Waals surface area contributed by atoms with E-state index in [0.717, 1.165) is 18.4 Å². The molecule has 2 amide bonds. The number of allylic oxidation sites excluding steroid dienone is 3. The second-order valence-corrected chi connectivity index (χ2v) is 7.62. The third kappa shape index (κ3) is 5.06. The van der Waals surface area contributed by atoms with Crippen LogP contribution < -0.4 is 0 Å². The van der Waals surface area contributed by atoms with E-state index in [1.54, 1.807) is 24.3 Å². The quantitative estimate of drug-likeness (QED) is 0.409. The van der Waals surface area contributed by atoms with E-state index in [9.17, 15) is 9.59 Å². The molecule has 0 fully saturated rings. The second kappa shape index (κ2) is 9.50. The van der Waals surface area contributed by atoms with E-state index in [0.29, 0.717) is 23.0 Å². The summed E-state index contributed by atoms with van der Waals surface area (Å²) in [5, 5.41) is 0. The molecule has 1 aliphatic heterocycles. The Bertz CT molecular complexity index is 735. The molecular formula is C24H31NO2. The fourth-order valence-corrected chi connectivity index (χ4v) is 3.50. The Morgan fingerprint density at radius 2 is 1.70 bits per heavy atom. The fraction of sp³-hybridized carbons (Fsp3) is 0.417. The monoisotopic (exact) mass is 365 g/mol. The Balaban J connectivity index is 2.15. The minimum Gasteiger partial charge on any atom is -0.270 e. The molecule has 27 heavy (non-hydrogen) atoms. The molecule has 3 nitrogen and oxygen atoms in total. The van der Waals surface area contributed by atoms with Gasteiger partial charge >= 0.3 is 0 Å². The van der Waals surface area contributed by atoms with E-state index in [-0.39, 0.29) is 18.4 Å². The summed E-state index contributed by atoms with van der Waals surface area (Å²) in [6, 6.07) is 6.98. The summed E-state index contributed by atoms with van der Waals surface area (Å²) in [7, 11) is 0. The van der Waals surface area contributed by atoms with Crippen LogP contribution in [0.5, 0.6) is 0 Å². The van der Waals surface area contributed by atoms with Gasteiger partial charge in [-0.2, -0.15) is 0 Å². The first-order valence-electron chi connectivity index (χ1n) is 9.86. The van der Waals surface area contributed by atoms with Crippen molar-refractivity contribution in [1.29, 1.82) is 0 Å². The maximum atomic E-state index is 12.6. The molecule has 1 unspecified atom stereocenters. The predicted octanol–water partition coefficient (Wildman–Crippen LogP) is 5.80. The highest BCUT2D eigenvalue weighted by Gasteiger charge is 2.34. The zero-order valence-corrected chi connectivity index (χ0v) is 17.0. The van der Waals surface area contributed by atoms with Crippen molar-refractivity contribution in [3.63, 3.8) is 0 Å². The number of imide groups is 1. The van der Waals surface area contributed by atoms with Gasteiger partial charge in [0.25, 0.3) is 11.8 Å². The minimum absolute atomic E-state index is 0.230. The number of rotatable bonds is 9. The molecule has 2 rings (SSSR count). The Labute approximate surface area is 163 Å². The highest BCUT2D eigenvalue weighted by atomic mass is 16.2. The number of hydrogen-bond donors (Lipinski definition) is 0. The Hall–Kier alpha value is -2.42. The first kappa shape index (κ1) is 20.9. The van der Waals surface area contributed by atoms with Gasteiger partial charge in [0.1, 0.15) is 0 Å². The predicted molar refractivity (Wildman–Crippen MR) is 112 cm³/mol. The van der Waals surface area contributed by atoms with Gasteiger partial charge in [-0.15, -0.1) is 0 Å². The molecule has 0 spiro atoms. The summed E-state index contributed by atoms with van der Waals surface area (Å²) in [6.45, 7) is 13.1. The van der Waals surface area contributed by atoms with Gasteiger partial charge in [0.05, 0.1) is 17.7 Å². The van der Waals surface area contributed by atoms with Gasteiger partial charge in [-0.1, -0.05) is 64.1 Å². The summed E-state index contributed by atoms with van der Waals surface area (Å²) in [5.74, 6) is 0.671. The third-order valence-corrected chi connectivity index (χ3v) is 5.03. The first-order chi connectivity index (χ1) is 12.9. The molecule has 3 heteroatoms. The van der Waals surface area contributed by atoms with Crippen molar-refractivity contribution in [2.45, 2.75) is 47.0 Å². The number of carbonyl (C=O) groups is 2. The van der Waals surface area contributed by atoms with Crippen LogP contribution in [0.1, 0.15) is 67.7 Å².